The first kappa shape index (κ1) is 21.9. The van der Waals surface area contributed by atoms with Crippen LogP contribution in [0.5, 0.6) is 5.75 Å². The number of rotatable bonds is 7. The molecule has 0 unspecified atom stereocenters. The summed E-state index contributed by atoms with van der Waals surface area (Å²) in [7, 11) is 0. The fourth-order valence-electron chi connectivity index (χ4n) is 3.75. The third kappa shape index (κ3) is 5.49. The average molecular weight is 463 g/mol. The molecule has 3 aromatic rings. The molecule has 4 rings (SSSR count). The first-order chi connectivity index (χ1) is 15.0. The number of nitrogens with zero attached hydrogens (tertiary/aromatic N) is 2. The summed E-state index contributed by atoms with van der Waals surface area (Å²) in [6.07, 6.45) is 1.12. The fraction of sp³-hybridized carbons (Fsp3) is 0.364. The number of hydrogen-bond acceptors (Lipinski definition) is 5. The lowest BCUT2D eigenvalue weighted by molar-refractivity contribution is 0.0593. The molecule has 0 saturated carbocycles. The molecule has 7 nitrogen and oxygen atoms in total. The molecule has 31 heavy (non-hydrogen) atoms. The van der Waals surface area contributed by atoms with Crippen LogP contribution in [0.25, 0.3) is 10.9 Å². The van der Waals surface area contributed by atoms with E-state index < -0.39 is 6.10 Å². The van der Waals surface area contributed by atoms with Gasteiger partial charge in [-0.15, -0.1) is 0 Å². The summed E-state index contributed by atoms with van der Waals surface area (Å²) in [5.41, 5.74) is 1.14. The van der Waals surface area contributed by atoms with Crippen LogP contribution >= 0.6 is 23.2 Å². The van der Waals surface area contributed by atoms with Crippen LogP contribution in [0.1, 0.15) is 23.3 Å². The Bertz CT molecular complexity index is 1050. The van der Waals surface area contributed by atoms with Gasteiger partial charge in [0, 0.05) is 37.6 Å². The van der Waals surface area contributed by atoms with Gasteiger partial charge in [0.1, 0.15) is 11.9 Å². The quantitative estimate of drug-likeness (QED) is 0.499. The molecular formula is C22H24Cl2N4O3. The molecule has 1 aliphatic heterocycles. The molecule has 1 aromatic heterocycles. The van der Waals surface area contributed by atoms with E-state index in [1.807, 2.05) is 30.3 Å². The van der Waals surface area contributed by atoms with Gasteiger partial charge in [-0.05, 0) is 31.0 Å². The van der Waals surface area contributed by atoms with Crippen molar-refractivity contribution in [3.63, 3.8) is 0 Å². The first-order valence-electron chi connectivity index (χ1n) is 10.2. The molecule has 1 atom stereocenters. The largest absolute Gasteiger partial charge is 0.490 e. The Labute approximate surface area is 190 Å². The number of nitrogens with one attached hydrogen (secondary N) is 2. The Morgan fingerprint density at radius 3 is 2.77 bits per heavy atom. The van der Waals surface area contributed by atoms with Crippen LogP contribution in [0.4, 0.5) is 0 Å². The number of piperidine rings is 1. The van der Waals surface area contributed by atoms with Crippen molar-refractivity contribution in [1.29, 1.82) is 0 Å². The molecule has 3 N–H and O–H groups in total. The van der Waals surface area contributed by atoms with Crippen molar-refractivity contribution in [2.45, 2.75) is 25.0 Å². The summed E-state index contributed by atoms with van der Waals surface area (Å²) in [5, 5.41) is 21.8. The highest BCUT2D eigenvalue weighted by atomic mass is 35.5. The Morgan fingerprint density at radius 2 is 2.00 bits per heavy atom. The monoisotopic (exact) mass is 462 g/mol. The Morgan fingerprint density at radius 1 is 1.23 bits per heavy atom. The number of fused-ring (bicyclic) bond motifs is 1. The number of aromatic amines is 1. The van der Waals surface area contributed by atoms with E-state index >= 15 is 0 Å². The van der Waals surface area contributed by atoms with Crippen molar-refractivity contribution in [2.24, 2.45) is 0 Å². The summed E-state index contributed by atoms with van der Waals surface area (Å²) in [6, 6.07) is 12.7. The summed E-state index contributed by atoms with van der Waals surface area (Å²) in [5.74, 6) is 0.409. The Kier molecular flexibility index (Phi) is 6.97. The van der Waals surface area contributed by atoms with Gasteiger partial charge in [-0.1, -0.05) is 41.4 Å². The molecule has 1 saturated heterocycles. The van der Waals surface area contributed by atoms with Crippen molar-refractivity contribution >= 4 is 40.0 Å². The van der Waals surface area contributed by atoms with Crippen LogP contribution < -0.4 is 10.1 Å². The number of halogens is 2. The predicted molar refractivity (Wildman–Crippen MR) is 121 cm³/mol. The lowest BCUT2D eigenvalue weighted by atomic mass is 10.1. The maximum atomic E-state index is 12.4. The van der Waals surface area contributed by atoms with Crippen molar-refractivity contribution in [3.05, 3.63) is 58.2 Å². The van der Waals surface area contributed by atoms with Crippen LogP contribution in [-0.2, 0) is 0 Å². The number of aliphatic hydroxyl groups is 1. The van der Waals surface area contributed by atoms with E-state index in [0.717, 1.165) is 36.8 Å². The topological polar surface area (TPSA) is 90.5 Å². The number of amides is 1. The summed E-state index contributed by atoms with van der Waals surface area (Å²) in [6.45, 7) is 2.27. The zero-order chi connectivity index (χ0) is 21.8. The van der Waals surface area contributed by atoms with Crippen LogP contribution in [0.2, 0.25) is 10.0 Å². The second-order valence-electron chi connectivity index (χ2n) is 7.68. The SMILES string of the molecule is O=C(NC[C@@H](O)CN1CCC(Oc2ccc(Cl)c(Cl)c2)CC1)c1n[nH]c2ccccc12. The van der Waals surface area contributed by atoms with Crippen molar-refractivity contribution in [2.75, 3.05) is 26.2 Å². The number of aliphatic hydroxyl groups excluding tert-OH is 1. The molecule has 1 amide bonds. The van der Waals surface area contributed by atoms with Crippen LogP contribution in [0, 0.1) is 0 Å². The minimum absolute atomic E-state index is 0.0956. The second-order valence-corrected chi connectivity index (χ2v) is 8.49. The Balaban J connectivity index is 1.20. The maximum absolute atomic E-state index is 12.4. The number of likely N-dealkylation sites (tertiary alicyclic amines) is 1. The van der Waals surface area contributed by atoms with Gasteiger partial charge in [0.25, 0.3) is 5.91 Å². The maximum Gasteiger partial charge on any atom is 0.272 e. The lowest BCUT2D eigenvalue weighted by Crippen LogP contribution is -2.45. The van der Waals surface area contributed by atoms with Gasteiger partial charge in [0.05, 0.1) is 21.7 Å². The van der Waals surface area contributed by atoms with E-state index in [4.69, 9.17) is 27.9 Å². The molecule has 164 valence electrons. The second kappa shape index (κ2) is 9.87. The van der Waals surface area contributed by atoms with Gasteiger partial charge in [0.15, 0.2) is 5.69 Å². The fourth-order valence-corrected chi connectivity index (χ4v) is 4.03. The minimum Gasteiger partial charge on any atom is -0.490 e. The number of β-amino-alcohol motifs (C(OH)–C–C–N with tert-alkyl or cyclic N) is 1. The summed E-state index contributed by atoms with van der Waals surface area (Å²) < 4.78 is 6.00. The third-order valence-corrected chi connectivity index (χ3v) is 6.12. The standard InChI is InChI=1S/C22H24Cl2N4O3/c23-18-6-5-16(11-19(18)24)31-15-7-9-28(10-8-15)13-14(29)12-25-22(30)21-17-3-1-2-4-20(17)26-27-21/h1-6,11,14-15,29H,7-10,12-13H2,(H,25,30)(H,26,27)/t14-/m1/s1. The van der Waals surface area contributed by atoms with Crippen LogP contribution in [0.3, 0.4) is 0 Å². The average Bonchev–Trinajstić information content (AvgIpc) is 3.20. The number of hydrogen-bond donors (Lipinski definition) is 3. The highest BCUT2D eigenvalue weighted by molar-refractivity contribution is 6.42. The van der Waals surface area contributed by atoms with Gasteiger partial charge in [-0.3, -0.25) is 9.89 Å². The van der Waals surface area contributed by atoms with Gasteiger partial charge >= 0.3 is 0 Å². The zero-order valence-corrected chi connectivity index (χ0v) is 18.4. The third-order valence-electron chi connectivity index (χ3n) is 5.38. The molecule has 1 fully saturated rings. The van der Waals surface area contributed by atoms with Gasteiger partial charge in [-0.2, -0.15) is 5.10 Å². The highest BCUT2D eigenvalue weighted by Gasteiger charge is 2.23. The summed E-state index contributed by atoms with van der Waals surface area (Å²) >= 11 is 12.0. The Hall–Kier alpha value is -2.32. The summed E-state index contributed by atoms with van der Waals surface area (Å²) in [4.78, 5) is 14.6. The van der Waals surface area contributed by atoms with Crippen LogP contribution in [0.15, 0.2) is 42.5 Å². The predicted octanol–water partition coefficient (Wildman–Crippen LogP) is 3.50. The van der Waals surface area contributed by atoms with E-state index in [2.05, 4.69) is 20.4 Å². The normalized spacial score (nSPS) is 16.4. The minimum atomic E-state index is -0.665. The molecular weight excluding hydrogens is 439 g/mol. The molecule has 9 heteroatoms. The molecule has 0 radical (unpaired) electrons. The molecule has 0 aliphatic carbocycles. The zero-order valence-electron chi connectivity index (χ0n) is 16.9. The number of carbonyl (C=O) groups is 1. The van der Waals surface area contributed by atoms with E-state index in [0.29, 0.717) is 28.0 Å². The highest BCUT2D eigenvalue weighted by Crippen LogP contribution is 2.28. The molecule has 1 aliphatic rings. The number of carbonyl (C=O) groups excluding carboxylic acids is 1. The molecule has 0 spiro atoms. The van der Waals surface area contributed by atoms with Gasteiger partial charge in [0.2, 0.25) is 0 Å². The van der Waals surface area contributed by atoms with Crippen molar-refractivity contribution in [3.8, 4) is 5.75 Å². The van der Waals surface area contributed by atoms with E-state index in [9.17, 15) is 9.90 Å². The number of aromatic nitrogens is 2. The van der Waals surface area contributed by atoms with Gasteiger partial charge in [-0.25, -0.2) is 0 Å². The molecule has 0 bridgehead atoms. The van der Waals surface area contributed by atoms with Crippen molar-refractivity contribution < 1.29 is 14.6 Å². The van der Waals surface area contributed by atoms with Crippen molar-refractivity contribution in [1.82, 2.24) is 20.4 Å². The molecule has 2 aromatic carbocycles. The van der Waals surface area contributed by atoms with Crippen LogP contribution in [-0.4, -0.2) is 64.5 Å². The molecule has 2 heterocycles. The van der Waals surface area contributed by atoms with Gasteiger partial charge < -0.3 is 20.1 Å². The van der Waals surface area contributed by atoms with E-state index in [1.165, 1.54) is 0 Å². The number of ether oxygens (including phenoxy) is 1. The van der Waals surface area contributed by atoms with E-state index in [-0.39, 0.29) is 18.6 Å². The lowest BCUT2D eigenvalue weighted by Gasteiger charge is -2.33. The number of para-hydroxylation sites is 1. The van der Waals surface area contributed by atoms with E-state index in [1.54, 1.807) is 12.1 Å². The smallest absolute Gasteiger partial charge is 0.272 e. The number of benzene rings is 2. The number of H-pyrrole nitrogens is 1. The first-order valence-corrected chi connectivity index (χ1v) is 11.0.